The van der Waals surface area contributed by atoms with Gasteiger partial charge in [0.2, 0.25) is 0 Å². The molecule has 1 fully saturated rings. The third-order valence-electron chi connectivity index (χ3n) is 4.77. The van der Waals surface area contributed by atoms with Crippen LogP contribution in [0.5, 0.6) is 0 Å². The molecule has 1 aliphatic carbocycles. The molecule has 0 aliphatic heterocycles. The SMILES string of the molecule is CC(C)(C)n1nc(C=O)cc1-c1ccc(C2CCCCC2)cc1. The Bertz CT molecular complexity index is 671. The van der Waals surface area contributed by atoms with E-state index in [1.54, 1.807) is 0 Å². The van der Waals surface area contributed by atoms with Crippen LogP contribution in [-0.2, 0) is 5.54 Å². The Kier molecular flexibility index (Phi) is 4.38. The van der Waals surface area contributed by atoms with E-state index in [1.807, 2.05) is 10.7 Å². The van der Waals surface area contributed by atoms with E-state index in [-0.39, 0.29) is 5.54 Å². The first-order valence-corrected chi connectivity index (χ1v) is 8.65. The Morgan fingerprint density at radius 1 is 1.09 bits per heavy atom. The van der Waals surface area contributed by atoms with Crippen molar-refractivity contribution in [1.82, 2.24) is 9.78 Å². The second-order valence-corrected chi connectivity index (χ2v) is 7.61. The van der Waals surface area contributed by atoms with Crippen LogP contribution in [0.3, 0.4) is 0 Å². The molecule has 0 spiro atoms. The molecule has 0 amide bonds. The quantitative estimate of drug-likeness (QED) is 0.733. The standard InChI is InChI=1S/C20H26N2O/c1-20(2,3)22-19(13-18(14-23)21-22)17-11-9-16(10-12-17)15-7-5-4-6-8-15/h9-15H,4-8H2,1-3H3. The highest BCUT2D eigenvalue weighted by molar-refractivity contribution is 5.75. The van der Waals surface area contributed by atoms with Crippen LogP contribution in [0, 0.1) is 0 Å². The summed E-state index contributed by atoms with van der Waals surface area (Å²) in [6, 6.07) is 10.8. The molecule has 0 saturated heterocycles. The van der Waals surface area contributed by atoms with Gasteiger partial charge in [0.25, 0.3) is 0 Å². The number of aldehydes is 1. The third-order valence-corrected chi connectivity index (χ3v) is 4.77. The molecule has 23 heavy (non-hydrogen) atoms. The molecule has 0 bridgehead atoms. The molecular weight excluding hydrogens is 284 g/mol. The second kappa shape index (κ2) is 6.31. The van der Waals surface area contributed by atoms with Gasteiger partial charge in [-0.25, -0.2) is 0 Å². The highest BCUT2D eigenvalue weighted by Gasteiger charge is 2.21. The summed E-state index contributed by atoms with van der Waals surface area (Å²) >= 11 is 0. The van der Waals surface area contributed by atoms with Gasteiger partial charge in [-0.15, -0.1) is 0 Å². The minimum Gasteiger partial charge on any atom is -0.296 e. The van der Waals surface area contributed by atoms with Gasteiger partial charge in [-0.05, 0) is 56.7 Å². The summed E-state index contributed by atoms with van der Waals surface area (Å²) in [5, 5.41) is 4.44. The van der Waals surface area contributed by atoms with Crippen molar-refractivity contribution >= 4 is 6.29 Å². The Balaban J connectivity index is 1.93. The van der Waals surface area contributed by atoms with E-state index in [0.29, 0.717) is 5.69 Å². The molecule has 0 unspecified atom stereocenters. The van der Waals surface area contributed by atoms with Gasteiger partial charge in [0.15, 0.2) is 6.29 Å². The molecule has 3 rings (SSSR count). The molecule has 1 heterocycles. The van der Waals surface area contributed by atoms with Crippen molar-refractivity contribution in [2.75, 3.05) is 0 Å². The zero-order chi connectivity index (χ0) is 16.4. The lowest BCUT2D eigenvalue weighted by Gasteiger charge is -2.24. The smallest absolute Gasteiger partial charge is 0.170 e. The molecule has 3 heteroatoms. The molecular formula is C20H26N2O. The van der Waals surface area contributed by atoms with Gasteiger partial charge in [0, 0.05) is 0 Å². The monoisotopic (exact) mass is 310 g/mol. The summed E-state index contributed by atoms with van der Waals surface area (Å²) < 4.78 is 1.95. The summed E-state index contributed by atoms with van der Waals surface area (Å²) in [7, 11) is 0. The summed E-state index contributed by atoms with van der Waals surface area (Å²) in [4.78, 5) is 11.1. The van der Waals surface area contributed by atoms with Gasteiger partial charge < -0.3 is 0 Å². The van der Waals surface area contributed by atoms with Crippen LogP contribution in [-0.4, -0.2) is 16.1 Å². The molecule has 1 saturated carbocycles. The Hall–Kier alpha value is -1.90. The molecule has 122 valence electrons. The lowest BCUT2D eigenvalue weighted by molar-refractivity contribution is 0.111. The van der Waals surface area contributed by atoms with E-state index >= 15 is 0 Å². The minimum atomic E-state index is -0.154. The van der Waals surface area contributed by atoms with E-state index in [9.17, 15) is 4.79 Å². The van der Waals surface area contributed by atoms with E-state index in [0.717, 1.165) is 23.5 Å². The van der Waals surface area contributed by atoms with E-state index < -0.39 is 0 Å². The van der Waals surface area contributed by atoms with Crippen LogP contribution in [0.1, 0.15) is 74.8 Å². The molecule has 0 atom stereocenters. The molecule has 3 nitrogen and oxygen atoms in total. The van der Waals surface area contributed by atoms with Crippen LogP contribution < -0.4 is 0 Å². The maximum atomic E-state index is 11.1. The number of benzene rings is 1. The van der Waals surface area contributed by atoms with Crippen LogP contribution in [0.15, 0.2) is 30.3 Å². The predicted octanol–water partition coefficient (Wildman–Crippen LogP) is 5.17. The highest BCUT2D eigenvalue weighted by atomic mass is 16.1. The molecule has 1 aliphatic rings. The molecule has 2 aromatic rings. The average Bonchev–Trinajstić information content (AvgIpc) is 3.01. The fourth-order valence-electron chi connectivity index (χ4n) is 3.54. The van der Waals surface area contributed by atoms with Gasteiger partial charge in [0.05, 0.1) is 11.2 Å². The summed E-state index contributed by atoms with van der Waals surface area (Å²) in [5.41, 5.74) is 3.92. The fraction of sp³-hybridized carbons (Fsp3) is 0.500. The molecule has 1 aromatic carbocycles. The topological polar surface area (TPSA) is 34.9 Å². The van der Waals surface area contributed by atoms with Crippen LogP contribution in [0.2, 0.25) is 0 Å². The number of hydrogen-bond donors (Lipinski definition) is 0. The number of carbonyl (C=O) groups excluding carboxylic acids is 1. The average molecular weight is 310 g/mol. The van der Waals surface area contributed by atoms with Gasteiger partial charge in [-0.2, -0.15) is 5.10 Å². The van der Waals surface area contributed by atoms with Crippen LogP contribution >= 0.6 is 0 Å². The van der Waals surface area contributed by atoms with Crippen molar-refractivity contribution in [3.8, 4) is 11.3 Å². The minimum absolute atomic E-state index is 0.154. The van der Waals surface area contributed by atoms with E-state index in [2.05, 4.69) is 50.1 Å². The lowest BCUT2D eigenvalue weighted by atomic mass is 9.84. The Morgan fingerprint density at radius 3 is 2.30 bits per heavy atom. The Morgan fingerprint density at radius 2 is 1.74 bits per heavy atom. The molecule has 1 aromatic heterocycles. The van der Waals surface area contributed by atoms with Crippen molar-refractivity contribution in [3.05, 3.63) is 41.6 Å². The number of rotatable bonds is 3. The number of carbonyl (C=O) groups is 1. The van der Waals surface area contributed by atoms with E-state index in [1.165, 1.54) is 37.7 Å². The lowest BCUT2D eigenvalue weighted by Crippen LogP contribution is -2.24. The van der Waals surface area contributed by atoms with Crippen molar-refractivity contribution in [2.24, 2.45) is 0 Å². The maximum absolute atomic E-state index is 11.1. The first kappa shape index (κ1) is 16.0. The molecule has 0 N–H and O–H groups in total. The van der Waals surface area contributed by atoms with Gasteiger partial charge >= 0.3 is 0 Å². The normalized spacial score (nSPS) is 16.5. The maximum Gasteiger partial charge on any atom is 0.170 e. The number of hydrogen-bond acceptors (Lipinski definition) is 2. The highest BCUT2D eigenvalue weighted by Crippen LogP contribution is 2.34. The summed E-state index contributed by atoms with van der Waals surface area (Å²) in [6.07, 6.45) is 7.54. The zero-order valence-corrected chi connectivity index (χ0v) is 14.4. The fourth-order valence-corrected chi connectivity index (χ4v) is 3.54. The summed E-state index contributed by atoms with van der Waals surface area (Å²) in [6.45, 7) is 6.32. The van der Waals surface area contributed by atoms with Crippen molar-refractivity contribution in [2.45, 2.75) is 64.3 Å². The molecule has 0 radical (unpaired) electrons. The number of aromatic nitrogens is 2. The predicted molar refractivity (Wildman–Crippen MR) is 93.9 cm³/mol. The zero-order valence-electron chi connectivity index (χ0n) is 14.4. The first-order chi connectivity index (χ1) is 11.0. The van der Waals surface area contributed by atoms with E-state index in [4.69, 9.17) is 0 Å². The van der Waals surface area contributed by atoms with Crippen molar-refractivity contribution < 1.29 is 4.79 Å². The van der Waals surface area contributed by atoms with Gasteiger partial charge in [0.1, 0.15) is 5.69 Å². The van der Waals surface area contributed by atoms with Crippen molar-refractivity contribution in [1.29, 1.82) is 0 Å². The largest absolute Gasteiger partial charge is 0.296 e. The second-order valence-electron chi connectivity index (χ2n) is 7.61. The van der Waals surface area contributed by atoms with Gasteiger partial charge in [-0.3, -0.25) is 9.48 Å². The van der Waals surface area contributed by atoms with Crippen LogP contribution in [0.4, 0.5) is 0 Å². The van der Waals surface area contributed by atoms with Crippen molar-refractivity contribution in [3.63, 3.8) is 0 Å². The van der Waals surface area contributed by atoms with Crippen LogP contribution in [0.25, 0.3) is 11.3 Å². The van der Waals surface area contributed by atoms with Gasteiger partial charge in [-0.1, -0.05) is 43.5 Å². The summed E-state index contributed by atoms with van der Waals surface area (Å²) in [5.74, 6) is 0.718. The number of nitrogens with zero attached hydrogens (tertiary/aromatic N) is 2. The first-order valence-electron chi connectivity index (χ1n) is 8.65. The Labute approximate surface area is 138 Å². The third kappa shape index (κ3) is 3.39.